The molecule has 19 aromatic rings. The highest BCUT2D eigenvalue weighted by Crippen LogP contribution is 2.55. The average Bonchev–Trinajstić information content (AvgIpc) is 1.61. The molecule has 10 aromatic heterocycles. The van der Waals surface area contributed by atoms with Gasteiger partial charge < -0.3 is 18.3 Å². The molecule has 0 unspecified atom stereocenters. The van der Waals surface area contributed by atoms with E-state index < -0.39 is 0 Å². The summed E-state index contributed by atoms with van der Waals surface area (Å²) in [5, 5.41) is 8.21. The van der Waals surface area contributed by atoms with Crippen LogP contribution in [0.1, 0.15) is 0 Å². The van der Waals surface area contributed by atoms with E-state index in [0.717, 1.165) is 143 Å². The van der Waals surface area contributed by atoms with Crippen LogP contribution in [0.25, 0.3) is 172 Å². The normalized spacial score (nSPS) is 12.0. The molecule has 10 heterocycles. The zero-order chi connectivity index (χ0) is 59.7. The van der Waals surface area contributed by atoms with Crippen molar-refractivity contribution >= 4 is 98.3 Å². The fraction of sp³-hybridized carbons (Fsp3) is 0. The molecule has 0 saturated carbocycles. The van der Waals surface area contributed by atoms with Crippen LogP contribution >= 0.6 is 0 Å². The van der Waals surface area contributed by atoms with Crippen LogP contribution in [-0.2, 0) is 0 Å². The van der Waals surface area contributed by atoms with Crippen LogP contribution in [0.3, 0.4) is 0 Å². The Hall–Kier alpha value is -12.7. The molecule has 0 aliphatic rings. The summed E-state index contributed by atoms with van der Waals surface area (Å²) in [4.78, 5) is 43.4. The van der Waals surface area contributed by atoms with Gasteiger partial charge in [0.1, 0.15) is 5.82 Å². The maximum atomic E-state index is 6.04. The number of pyridine rings is 4. The van der Waals surface area contributed by atoms with E-state index in [0.29, 0.717) is 28.9 Å². The largest absolute Gasteiger partial charge is 0.306 e. The minimum atomic E-state index is 0.404. The molecule has 424 valence electrons. The van der Waals surface area contributed by atoms with E-state index in [1.807, 2.05) is 86.0 Å². The Bertz CT molecular complexity index is 5890. The highest BCUT2D eigenvalue weighted by atomic mass is 15.2. The van der Waals surface area contributed by atoms with Crippen LogP contribution in [0.5, 0.6) is 0 Å². The number of aromatic nitrogens is 13. The zero-order valence-corrected chi connectivity index (χ0v) is 48.4. The Labute approximate surface area is 518 Å². The van der Waals surface area contributed by atoms with Gasteiger partial charge in [0.2, 0.25) is 0 Å². The molecule has 0 N–H and O–H groups in total. The fourth-order valence-corrected chi connectivity index (χ4v) is 14.2. The van der Waals surface area contributed by atoms with Crippen molar-refractivity contribution in [3.05, 3.63) is 286 Å². The monoisotopic (exact) mass is 1170 g/mol. The third-order valence-corrected chi connectivity index (χ3v) is 17.9. The second kappa shape index (κ2) is 19.9. The molecule has 0 saturated heterocycles. The summed E-state index contributed by atoms with van der Waals surface area (Å²) < 4.78 is 12.0. The second-order valence-electron chi connectivity index (χ2n) is 22.8. The molecule has 0 aliphatic heterocycles. The first kappa shape index (κ1) is 50.4. The minimum absolute atomic E-state index is 0.404. The van der Waals surface area contributed by atoms with Crippen molar-refractivity contribution in [1.29, 1.82) is 0 Å². The summed E-state index contributed by atoms with van der Waals surface area (Å²) in [6, 6.07) is 82.6. The van der Waals surface area contributed by atoms with Crippen molar-refractivity contribution in [3.63, 3.8) is 0 Å². The summed E-state index contributed by atoms with van der Waals surface area (Å²) in [6.07, 6.45) is 15.5. The smallest absolute Gasteiger partial charge is 0.168 e. The molecule has 9 aromatic carbocycles. The third-order valence-electron chi connectivity index (χ3n) is 17.9. The molecule has 0 spiro atoms. The van der Waals surface area contributed by atoms with Crippen molar-refractivity contribution < 1.29 is 0 Å². The molecule has 0 amide bonds. The topological polar surface area (TPSA) is 128 Å². The number of hydrogen-bond donors (Lipinski definition) is 0. The van der Waals surface area contributed by atoms with Gasteiger partial charge in [-0.2, -0.15) is 0 Å². The van der Waals surface area contributed by atoms with Crippen molar-refractivity contribution in [2.75, 3.05) is 0 Å². The van der Waals surface area contributed by atoms with Gasteiger partial charge in [-0.15, -0.1) is 0 Å². The number of para-hydroxylation sites is 7. The molecule has 0 fully saturated rings. The first-order valence-electron chi connectivity index (χ1n) is 30.2. The lowest BCUT2D eigenvalue weighted by Gasteiger charge is -2.30. The summed E-state index contributed by atoms with van der Waals surface area (Å²) in [5.41, 5.74) is 15.9. The fourth-order valence-electron chi connectivity index (χ4n) is 14.2. The highest BCUT2D eigenvalue weighted by Gasteiger charge is 2.39. The third kappa shape index (κ3) is 7.46. The van der Waals surface area contributed by atoms with E-state index in [2.05, 4.69) is 223 Å². The maximum absolute atomic E-state index is 6.04. The Balaban J connectivity index is 1.21. The Morgan fingerprint density at radius 2 is 0.549 bits per heavy atom. The van der Waals surface area contributed by atoms with E-state index in [4.69, 9.17) is 39.9 Å². The van der Waals surface area contributed by atoms with Crippen molar-refractivity contribution in [2.45, 2.75) is 0 Å². The molecule has 0 radical (unpaired) electrons. The van der Waals surface area contributed by atoms with Gasteiger partial charge >= 0.3 is 0 Å². The Morgan fingerprint density at radius 3 is 0.989 bits per heavy atom. The van der Waals surface area contributed by atoms with E-state index in [1.54, 1.807) is 0 Å². The second-order valence-corrected chi connectivity index (χ2v) is 22.8. The van der Waals surface area contributed by atoms with Gasteiger partial charge in [-0.3, -0.25) is 24.5 Å². The van der Waals surface area contributed by atoms with Crippen molar-refractivity contribution in [1.82, 2.24) is 62.7 Å². The van der Waals surface area contributed by atoms with Crippen LogP contribution in [-0.4, -0.2) is 62.7 Å². The Kier molecular flexibility index (Phi) is 11.0. The maximum Gasteiger partial charge on any atom is 0.168 e. The summed E-state index contributed by atoms with van der Waals surface area (Å²) in [5.74, 6) is 2.04. The quantitative estimate of drug-likeness (QED) is 0.140. The first-order chi connectivity index (χ1) is 45.2. The van der Waals surface area contributed by atoms with Crippen LogP contribution in [0.2, 0.25) is 0 Å². The van der Waals surface area contributed by atoms with E-state index in [-0.39, 0.29) is 0 Å². The van der Waals surface area contributed by atoms with Crippen LogP contribution in [0.4, 0.5) is 0 Å². The van der Waals surface area contributed by atoms with Crippen LogP contribution < -0.4 is 0 Å². The molecule has 91 heavy (non-hydrogen) atoms. The van der Waals surface area contributed by atoms with Gasteiger partial charge in [0.25, 0.3) is 0 Å². The average molecular weight is 1170 g/mol. The van der Waals surface area contributed by atoms with Crippen LogP contribution in [0, 0.1) is 0 Å². The molecular formula is C78H47N13. The summed E-state index contributed by atoms with van der Waals surface area (Å²) in [6.45, 7) is 0. The van der Waals surface area contributed by atoms with Gasteiger partial charge in [0.05, 0.1) is 114 Å². The standard InChI is InChI=1S/C78H47N13/c1-4-20-48(21-5-1)75-84-76(49-22-6-2-7-23-49)86-77(85-75)69-71(88-60-31-15-10-26-51(60)55-36-40-79-44-65(55)88)70(78-83-59-30-14-19-35-64(59)87(78)50-24-8-3-9-25-50)73(90-62-33-17-12-28-53(62)57-38-42-81-46-67(57)90)74(91-63-34-18-13-29-54(63)58-39-43-82-47-68(58)91)72(69)89-61-32-16-11-27-52(61)56-37-41-80-45-66(56)89/h1-47H. The minimum Gasteiger partial charge on any atom is -0.306 e. The molecule has 13 nitrogen and oxygen atoms in total. The van der Waals surface area contributed by atoms with Gasteiger partial charge in [-0.25, -0.2) is 19.9 Å². The Morgan fingerprint density at radius 1 is 0.220 bits per heavy atom. The van der Waals surface area contributed by atoms with E-state index in [9.17, 15) is 0 Å². The molecule has 0 bridgehead atoms. The highest BCUT2D eigenvalue weighted by molar-refractivity contribution is 6.18. The molecular weight excluding hydrogens is 1120 g/mol. The molecule has 13 heteroatoms. The number of nitrogens with zero attached hydrogens (tertiary/aromatic N) is 13. The number of rotatable bonds is 9. The molecule has 19 rings (SSSR count). The lowest BCUT2D eigenvalue weighted by Crippen LogP contribution is -2.18. The van der Waals surface area contributed by atoms with Gasteiger partial charge in [0.15, 0.2) is 17.5 Å². The first-order valence-corrected chi connectivity index (χ1v) is 30.2. The number of hydrogen-bond acceptors (Lipinski definition) is 8. The van der Waals surface area contributed by atoms with E-state index >= 15 is 0 Å². The number of imidazole rings is 1. The van der Waals surface area contributed by atoms with Gasteiger partial charge in [-0.1, -0.05) is 164 Å². The van der Waals surface area contributed by atoms with Crippen molar-refractivity contribution in [3.8, 4) is 74.0 Å². The summed E-state index contributed by atoms with van der Waals surface area (Å²) in [7, 11) is 0. The molecule has 0 atom stereocenters. The summed E-state index contributed by atoms with van der Waals surface area (Å²) >= 11 is 0. The lowest BCUT2D eigenvalue weighted by molar-refractivity contribution is 1.00. The number of benzene rings is 9. The number of fused-ring (bicyclic) bond motifs is 13. The van der Waals surface area contributed by atoms with Gasteiger partial charge in [0, 0.05) is 84.7 Å². The lowest BCUT2D eigenvalue weighted by atomic mass is 9.95. The predicted molar refractivity (Wildman–Crippen MR) is 365 cm³/mol. The SMILES string of the molecule is c1ccc(-c2nc(-c3ccccc3)nc(-c3c(-n4c5ccccc5c5ccncc54)c(-c4nc5ccccc5n4-c4ccccc4)c(-n4c5ccccc5c5ccncc54)c(-n4c5ccccc5c5ccncc54)c3-n3c4ccccc4c4ccncc43)n2)cc1. The molecule has 0 aliphatic carbocycles. The zero-order valence-electron chi connectivity index (χ0n) is 48.4. The van der Waals surface area contributed by atoms with Crippen LogP contribution in [0.15, 0.2) is 286 Å². The van der Waals surface area contributed by atoms with E-state index in [1.165, 1.54) is 0 Å². The van der Waals surface area contributed by atoms with Crippen molar-refractivity contribution in [2.24, 2.45) is 0 Å². The van der Waals surface area contributed by atoms with Gasteiger partial charge in [-0.05, 0) is 72.8 Å². The predicted octanol–water partition coefficient (Wildman–Crippen LogP) is 17.8.